The summed E-state index contributed by atoms with van der Waals surface area (Å²) in [5.41, 5.74) is 2.18. The van der Waals surface area contributed by atoms with Crippen LogP contribution in [0.25, 0.3) is 0 Å². The lowest BCUT2D eigenvalue weighted by atomic mass is 9.94. The molecular formula is C20H33FN4. The Morgan fingerprint density at radius 3 is 2.72 bits per heavy atom. The quantitative estimate of drug-likeness (QED) is 0.588. The van der Waals surface area contributed by atoms with Crippen LogP contribution >= 0.6 is 0 Å². The van der Waals surface area contributed by atoms with E-state index in [0.717, 1.165) is 43.5 Å². The van der Waals surface area contributed by atoms with Gasteiger partial charge < -0.3 is 15.5 Å². The van der Waals surface area contributed by atoms with Crippen molar-refractivity contribution in [2.45, 2.75) is 39.5 Å². The molecule has 0 saturated carbocycles. The Bertz CT molecular complexity index is 551. The zero-order valence-electron chi connectivity index (χ0n) is 15.9. The molecule has 0 unspecified atom stereocenters. The van der Waals surface area contributed by atoms with Crippen LogP contribution in [0.4, 0.5) is 4.39 Å². The van der Waals surface area contributed by atoms with Gasteiger partial charge in [-0.05, 0) is 88.8 Å². The standard InChI is InChI=1S/C20H33FN4/c1-4-22-20(23-11-7-17-9-13-25(3)14-10-17)24-12-8-18-5-6-19(21)15-16(18)2/h5-6,15,17H,4,7-14H2,1-3H3,(H2,22,23,24). The molecule has 0 aliphatic carbocycles. The highest BCUT2D eigenvalue weighted by molar-refractivity contribution is 5.79. The van der Waals surface area contributed by atoms with E-state index in [1.807, 2.05) is 13.0 Å². The van der Waals surface area contributed by atoms with Crippen LogP contribution in [-0.2, 0) is 6.42 Å². The molecule has 5 heteroatoms. The highest BCUT2D eigenvalue weighted by Crippen LogP contribution is 2.19. The molecule has 2 rings (SSSR count). The normalized spacial score (nSPS) is 16.9. The second-order valence-electron chi connectivity index (χ2n) is 7.04. The first-order chi connectivity index (χ1) is 12.1. The molecule has 0 bridgehead atoms. The average Bonchev–Trinajstić information content (AvgIpc) is 2.58. The Hall–Kier alpha value is -1.62. The predicted molar refractivity (Wildman–Crippen MR) is 104 cm³/mol. The van der Waals surface area contributed by atoms with Gasteiger partial charge in [-0.2, -0.15) is 0 Å². The summed E-state index contributed by atoms with van der Waals surface area (Å²) in [6, 6.07) is 5.00. The number of rotatable bonds is 7. The van der Waals surface area contributed by atoms with Crippen LogP contribution in [0, 0.1) is 18.7 Å². The van der Waals surface area contributed by atoms with Crippen molar-refractivity contribution in [3.05, 3.63) is 35.1 Å². The molecule has 0 spiro atoms. The fourth-order valence-electron chi connectivity index (χ4n) is 3.31. The molecule has 1 aliphatic heterocycles. The molecule has 1 aliphatic rings. The van der Waals surface area contributed by atoms with Crippen LogP contribution in [0.2, 0.25) is 0 Å². The topological polar surface area (TPSA) is 39.7 Å². The van der Waals surface area contributed by atoms with Gasteiger partial charge in [0.05, 0.1) is 0 Å². The molecule has 1 fully saturated rings. The van der Waals surface area contributed by atoms with Gasteiger partial charge in [-0.15, -0.1) is 0 Å². The maximum absolute atomic E-state index is 13.2. The third kappa shape index (κ3) is 7.02. The van der Waals surface area contributed by atoms with Crippen LogP contribution in [0.1, 0.15) is 37.3 Å². The Morgan fingerprint density at radius 1 is 1.28 bits per heavy atom. The van der Waals surface area contributed by atoms with Gasteiger partial charge in [-0.25, -0.2) is 4.39 Å². The molecule has 1 aromatic carbocycles. The van der Waals surface area contributed by atoms with E-state index in [9.17, 15) is 4.39 Å². The number of aliphatic imine (C=N–C) groups is 1. The maximum Gasteiger partial charge on any atom is 0.191 e. The minimum Gasteiger partial charge on any atom is -0.357 e. The third-order valence-electron chi connectivity index (χ3n) is 4.98. The minimum atomic E-state index is -0.169. The minimum absolute atomic E-state index is 0.169. The van der Waals surface area contributed by atoms with E-state index in [1.54, 1.807) is 6.07 Å². The van der Waals surface area contributed by atoms with Gasteiger partial charge >= 0.3 is 0 Å². The summed E-state index contributed by atoms with van der Waals surface area (Å²) in [7, 11) is 2.20. The first-order valence-electron chi connectivity index (χ1n) is 9.54. The first kappa shape index (κ1) is 19.7. The van der Waals surface area contributed by atoms with E-state index in [-0.39, 0.29) is 5.82 Å². The summed E-state index contributed by atoms with van der Waals surface area (Å²) in [4.78, 5) is 7.12. The molecule has 25 heavy (non-hydrogen) atoms. The van der Waals surface area contributed by atoms with Gasteiger partial charge in [0, 0.05) is 19.6 Å². The third-order valence-corrected chi connectivity index (χ3v) is 4.98. The van der Waals surface area contributed by atoms with E-state index in [1.165, 1.54) is 44.0 Å². The van der Waals surface area contributed by atoms with E-state index in [0.29, 0.717) is 0 Å². The number of benzene rings is 1. The lowest BCUT2D eigenvalue weighted by molar-refractivity contribution is 0.214. The molecule has 4 nitrogen and oxygen atoms in total. The van der Waals surface area contributed by atoms with Gasteiger partial charge in [0.2, 0.25) is 0 Å². The van der Waals surface area contributed by atoms with Gasteiger partial charge in [0.15, 0.2) is 5.96 Å². The Balaban J connectivity index is 1.75. The average molecular weight is 349 g/mol. The van der Waals surface area contributed by atoms with Crippen molar-refractivity contribution < 1.29 is 4.39 Å². The smallest absolute Gasteiger partial charge is 0.191 e. The fourth-order valence-corrected chi connectivity index (χ4v) is 3.31. The largest absolute Gasteiger partial charge is 0.357 e. The molecular weight excluding hydrogens is 315 g/mol. The Morgan fingerprint density at radius 2 is 2.04 bits per heavy atom. The number of hydrogen-bond donors (Lipinski definition) is 2. The van der Waals surface area contributed by atoms with Crippen molar-refractivity contribution in [1.82, 2.24) is 15.5 Å². The second kappa shape index (κ2) is 10.4. The zero-order chi connectivity index (χ0) is 18.1. The molecule has 0 amide bonds. The second-order valence-corrected chi connectivity index (χ2v) is 7.04. The van der Waals surface area contributed by atoms with Gasteiger partial charge in [-0.1, -0.05) is 6.07 Å². The van der Waals surface area contributed by atoms with E-state index >= 15 is 0 Å². The number of aryl methyl sites for hydroxylation is 1. The van der Waals surface area contributed by atoms with Crippen molar-refractivity contribution >= 4 is 5.96 Å². The first-order valence-corrected chi connectivity index (χ1v) is 9.54. The molecule has 0 atom stereocenters. The fraction of sp³-hybridized carbons (Fsp3) is 0.650. The summed E-state index contributed by atoms with van der Waals surface area (Å²) in [5.74, 6) is 1.53. The van der Waals surface area contributed by atoms with Crippen molar-refractivity contribution in [3.63, 3.8) is 0 Å². The summed E-state index contributed by atoms with van der Waals surface area (Å²) in [6.07, 6.45) is 4.62. The number of likely N-dealkylation sites (tertiary alicyclic amines) is 1. The molecule has 2 N–H and O–H groups in total. The summed E-state index contributed by atoms with van der Waals surface area (Å²) in [6.45, 7) is 8.99. The maximum atomic E-state index is 13.2. The Labute approximate surface area is 151 Å². The van der Waals surface area contributed by atoms with E-state index in [4.69, 9.17) is 4.99 Å². The van der Waals surface area contributed by atoms with Gasteiger partial charge in [0.25, 0.3) is 0 Å². The zero-order valence-corrected chi connectivity index (χ0v) is 15.9. The van der Waals surface area contributed by atoms with Crippen LogP contribution in [-0.4, -0.2) is 50.6 Å². The monoisotopic (exact) mass is 348 g/mol. The van der Waals surface area contributed by atoms with Crippen LogP contribution < -0.4 is 10.6 Å². The summed E-state index contributed by atoms with van der Waals surface area (Å²) in [5, 5.41) is 6.70. The van der Waals surface area contributed by atoms with Crippen molar-refractivity contribution in [2.75, 3.05) is 39.8 Å². The summed E-state index contributed by atoms with van der Waals surface area (Å²) < 4.78 is 13.2. The number of piperidine rings is 1. The number of hydrogen-bond acceptors (Lipinski definition) is 2. The predicted octanol–water partition coefficient (Wildman–Crippen LogP) is 2.96. The van der Waals surface area contributed by atoms with Crippen molar-refractivity contribution in [1.29, 1.82) is 0 Å². The number of nitrogens with one attached hydrogen (secondary N) is 2. The van der Waals surface area contributed by atoms with Gasteiger partial charge in [-0.3, -0.25) is 4.99 Å². The Kier molecular flexibility index (Phi) is 8.19. The lowest BCUT2D eigenvalue weighted by Gasteiger charge is -2.28. The van der Waals surface area contributed by atoms with Crippen LogP contribution in [0.15, 0.2) is 23.2 Å². The van der Waals surface area contributed by atoms with E-state index in [2.05, 4.69) is 29.5 Å². The van der Waals surface area contributed by atoms with E-state index < -0.39 is 0 Å². The number of guanidine groups is 1. The molecule has 1 saturated heterocycles. The van der Waals surface area contributed by atoms with Crippen molar-refractivity contribution in [2.24, 2.45) is 10.9 Å². The molecule has 1 heterocycles. The summed E-state index contributed by atoms with van der Waals surface area (Å²) >= 11 is 0. The molecule has 0 radical (unpaired) electrons. The van der Waals surface area contributed by atoms with Crippen molar-refractivity contribution in [3.8, 4) is 0 Å². The van der Waals surface area contributed by atoms with Gasteiger partial charge in [0.1, 0.15) is 5.82 Å². The molecule has 0 aromatic heterocycles. The van der Waals surface area contributed by atoms with Crippen LogP contribution in [0.5, 0.6) is 0 Å². The molecule has 140 valence electrons. The van der Waals surface area contributed by atoms with Crippen LogP contribution in [0.3, 0.4) is 0 Å². The molecule has 1 aromatic rings. The number of nitrogens with zero attached hydrogens (tertiary/aromatic N) is 2. The SMILES string of the molecule is CCNC(=NCCC1CCN(C)CC1)NCCc1ccc(F)cc1C. The highest BCUT2D eigenvalue weighted by Gasteiger charge is 2.15. The number of halogens is 1. The highest BCUT2D eigenvalue weighted by atomic mass is 19.1. The lowest BCUT2D eigenvalue weighted by Crippen LogP contribution is -2.38.